The third kappa shape index (κ3) is 5.34. The molecule has 1 atom stereocenters. The molecule has 0 radical (unpaired) electrons. The lowest BCUT2D eigenvalue weighted by Gasteiger charge is -2.24. The molecule has 0 aliphatic rings. The molecule has 1 unspecified atom stereocenters. The van der Waals surface area contributed by atoms with Gasteiger partial charge in [-0.3, -0.25) is 0 Å². The highest BCUT2D eigenvalue weighted by Crippen LogP contribution is 2.12. The zero-order valence-electron chi connectivity index (χ0n) is 13.9. The molecule has 7 heteroatoms. The Morgan fingerprint density at radius 1 is 1.00 bits per heavy atom. The Morgan fingerprint density at radius 2 is 1.62 bits per heavy atom. The molecule has 7 nitrogen and oxygen atoms in total. The van der Waals surface area contributed by atoms with Gasteiger partial charge >= 0.3 is 0 Å². The molecule has 0 aliphatic carbocycles. The van der Waals surface area contributed by atoms with Crippen LogP contribution in [0.5, 0.6) is 0 Å². The summed E-state index contributed by atoms with van der Waals surface area (Å²) in [5, 5.41) is 3.31. The maximum atomic E-state index is 5.80. The number of nitrogens with two attached hydrogens (primary N) is 1. The van der Waals surface area contributed by atoms with E-state index in [9.17, 15) is 0 Å². The van der Waals surface area contributed by atoms with Crippen molar-refractivity contribution in [2.75, 3.05) is 48.7 Å². The Balaban J connectivity index is 2.78. The minimum absolute atomic E-state index is 0.247. The molecule has 0 bridgehead atoms. The molecule has 1 heterocycles. The van der Waals surface area contributed by atoms with Gasteiger partial charge in [-0.25, -0.2) is 0 Å². The van der Waals surface area contributed by atoms with Gasteiger partial charge in [0.15, 0.2) is 0 Å². The molecule has 3 N–H and O–H groups in total. The minimum Gasteiger partial charge on any atom is -0.368 e. The SMILES string of the molecule is CCN(CC)CC(C)Nc1nc(N)nc(N(CC)CC)n1. The second-order valence-corrected chi connectivity index (χ2v) is 5.02. The molecule has 0 saturated heterocycles. The molecule has 0 fully saturated rings. The summed E-state index contributed by atoms with van der Waals surface area (Å²) in [6, 6.07) is 0.247. The maximum absolute atomic E-state index is 5.80. The van der Waals surface area contributed by atoms with E-state index < -0.39 is 0 Å². The lowest BCUT2D eigenvalue weighted by atomic mass is 10.3. The maximum Gasteiger partial charge on any atom is 0.231 e. The molecule has 0 aromatic carbocycles. The third-order valence-electron chi connectivity index (χ3n) is 3.49. The van der Waals surface area contributed by atoms with Crippen LogP contribution in [-0.4, -0.2) is 58.6 Å². The van der Waals surface area contributed by atoms with Crippen LogP contribution < -0.4 is 16.0 Å². The largest absolute Gasteiger partial charge is 0.368 e. The third-order valence-corrected chi connectivity index (χ3v) is 3.49. The van der Waals surface area contributed by atoms with Gasteiger partial charge in [-0.2, -0.15) is 15.0 Å². The quantitative estimate of drug-likeness (QED) is 0.713. The number of rotatable bonds is 9. The van der Waals surface area contributed by atoms with Crippen LogP contribution in [0, 0.1) is 0 Å². The number of nitrogens with one attached hydrogen (secondary N) is 1. The summed E-state index contributed by atoms with van der Waals surface area (Å²) in [6.07, 6.45) is 0. The second kappa shape index (κ2) is 8.61. The zero-order valence-corrected chi connectivity index (χ0v) is 13.9. The monoisotopic (exact) mass is 295 g/mol. The molecular formula is C14H29N7. The molecule has 0 spiro atoms. The van der Waals surface area contributed by atoms with Gasteiger partial charge < -0.3 is 20.9 Å². The molecule has 1 aromatic heterocycles. The molecule has 1 rings (SSSR count). The number of hydrogen-bond acceptors (Lipinski definition) is 7. The zero-order chi connectivity index (χ0) is 15.8. The predicted molar refractivity (Wildman–Crippen MR) is 88.7 cm³/mol. The van der Waals surface area contributed by atoms with Gasteiger partial charge in [-0.15, -0.1) is 0 Å². The van der Waals surface area contributed by atoms with Crippen molar-refractivity contribution in [2.24, 2.45) is 0 Å². The first-order valence-electron chi connectivity index (χ1n) is 7.79. The predicted octanol–water partition coefficient (Wildman–Crippen LogP) is 1.44. The van der Waals surface area contributed by atoms with Crippen molar-refractivity contribution in [3.63, 3.8) is 0 Å². The van der Waals surface area contributed by atoms with Gasteiger partial charge in [0.1, 0.15) is 0 Å². The fourth-order valence-corrected chi connectivity index (χ4v) is 2.23. The summed E-state index contributed by atoms with van der Waals surface area (Å²) in [5.41, 5.74) is 5.80. The van der Waals surface area contributed by atoms with Gasteiger partial charge in [-0.1, -0.05) is 13.8 Å². The van der Waals surface area contributed by atoms with Crippen LogP contribution in [0.1, 0.15) is 34.6 Å². The lowest BCUT2D eigenvalue weighted by molar-refractivity contribution is 0.294. The Morgan fingerprint density at radius 3 is 2.14 bits per heavy atom. The summed E-state index contributed by atoms with van der Waals surface area (Å²) < 4.78 is 0. The van der Waals surface area contributed by atoms with Gasteiger partial charge in [0.25, 0.3) is 0 Å². The Labute approximate surface area is 128 Å². The molecule has 0 saturated carbocycles. The molecule has 0 aliphatic heterocycles. The van der Waals surface area contributed by atoms with Crippen LogP contribution >= 0.6 is 0 Å². The fraction of sp³-hybridized carbons (Fsp3) is 0.786. The fourth-order valence-electron chi connectivity index (χ4n) is 2.23. The number of nitrogens with zero attached hydrogens (tertiary/aromatic N) is 5. The lowest BCUT2D eigenvalue weighted by Crippen LogP contribution is -2.35. The van der Waals surface area contributed by atoms with Gasteiger partial charge in [0.05, 0.1) is 0 Å². The van der Waals surface area contributed by atoms with Crippen molar-refractivity contribution in [1.29, 1.82) is 0 Å². The first-order chi connectivity index (χ1) is 10.0. The van der Waals surface area contributed by atoms with Gasteiger partial charge in [-0.05, 0) is 33.9 Å². The summed E-state index contributed by atoms with van der Waals surface area (Å²) in [6.45, 7) is 15.3. The average molecular weight is 295 g/mol. The van der Waals surface area contributed by atoms with Crippen LogP contribution in [0.2, 0.25) is 0 Å². The Bertz CT molecular complexity index is 416. The number of likely N-dealkylation sites (N-methyl/N-ethyl adjacent to an activating group) is 1. The van der Waals surface area contributed by atoms with Crippen LogP contribution in [0.15, 0.2) is 0 Å². The summed E-state index contributed by atoms with van der Waals surface area (Å²) in [5.74, 6) is 1.43. The van der Waals surface area contributed by atoms with E-state index in [2.05, 4.69) is 64.7 Å². The van der Waals surface area contributed by atoms with E-state index in [0.29, 0.717) is 11.9 Å². The summed E-state index contributed by atoms with van der Waals surface area (Å²) in [4.78, 5) is 17.3. The van der Waals surface area contributed by atoms with E-state index in [1.165, 1.54) is 0 Å². The number of nitrogen functional groups attached to an aromatic ring is 1. The van der Waals surface area contributed by atoms with Gasteiger partial charge in [0.2, 0.25) is 17.8 Å². The van der Waals surface area contributed by atoms with E-state index in [-0.39, 0.29) is 12.0 Å². The van der Waals surface area contributed by atoms with Crippen LogP contribution in [-0.2, 0) is 0 Å². The normalized spacial score (nSPS) is 12.5. The number of anilines is 3. The van der Waals surface area contributed by atoms with E-state index in [1.807, 2.05) is 0 Å². The van der Waals surface area contributed by atoms with Crippen molar-refractivity contribution in [3.8, 4) is 0 Å². The smallest absolute Gasteiger partial charge is 0.231 e. The van der Waals surface area contributed by atoms with Crippen LogP contribution in [0.3, 0.4) is 0 Å². The van der Waals surface area contributed by atoms with Crippen molar-refractivity contribution in [1.82, 2.24) is 19.9 Å². The van der Waals surface area contributed by atoms with Crippen molar-refractivity contribution in [2.45, 2.75) is 40.7 Å². The van der Waals surface area contributed by atoms with Crippen molar-refractivity contribution >= 4 is 17.8 Å². The first kappa shape index (κ1) is 17.4. The molecule has 1 aromatic rings. The van der Waals surface area contributed by atoms with Crippen LogP contribution in [0.4, 0.5) is 17.8 Å². The van der Waals surface area contributed by atoms with Gasteiger partial charge in [0, 0.05) is 25.7 Å². The van der Waals surface area contributed by atoms with E-state index in [4.69, 9.17) is 5.73 Å². The van der Waals surface area contributed by atoms with E-state index >= 15 is 0 Å². The minimum atomic E-state index is 0.247. The topological polar surface area (TPSA) is 83.2 Å². The number of aromatic nitrogens is 3. The molecule has 120 valence electrons. The average Bonchev–Trinajstić information content (AvgIpc) is 2.45. The van der Waals surface area contributed by atoms with E-state index in [0.717, 1.165) is 32.7 Å². The number of hydrogen-bond donors (Lipinski definition) is 2. The molecule has 0 amide bonds. The summed E-state index contributed by atoms with van der Waals surface area (Å²) >= 11 is 0. The standard InChI is InChI=1S/C14H29N7/c1-6-20(7-2)10-11(5)16-13-17-12(15)18-14(19-13)21(8-3)9-4/h11H,6-10H2,1-5H3,(H3,15,16,17,18,19). The Kier molecular flexibility index (Phi) is 7.14. The highest BCUT2D eigenvalue weighted by molar-refractivity contribution is 5.42. The van der Waals surface area contributed by atoms with E-state index in [1.54, 1.807) is 0 Å². The highest BCUT2D eigenvalue weighted by atomic mass is 15.3. The van der Waals surface area contributed by atoms with Crippen molar-refractivity contribution < 1.29 is 0 Å². The summed E-state index contributed by atoms with van der Waals surface area (Å²) in [7, 11) is 0. The van der Waals surface area contributed by atoms with Crippen molar-refractivity contribution in [3.05, 3.63) is 0 Å². The second-order valence-electron chi connectivity index (χ2n) is 5.02. The molecule has 21 heavy (non-hydrogen) atoms. The molecular weight excluding hydrogens is 266 g/mol. The highest BCUT2D eigenvalue weighted by Gasteiger charge is 2.12. The first-order valence-corrected chi connectivity index (χ1v) is 7.79. The Hall–Kier alpha value is -1.63. The van der Waals surface area contributed by atoms with Crippen LogP contribution in [0.25, 0.3) is 0 Å².